The summed E-state index contributed by atoms with van der Waals surface area (Å²) in [7, 11) is 1.84. The number of rotatable bonds is 4. The Labute approximate surface area is 179 Å². The molecule has 30 heavy (non-hydrogen) atoms. The van der Waals surface area contributed by atoms with Gasteiger partial charge in [0.1, 0.15) is 17.2 Å². The summed E-state index contributed by atoms with van der Waals surface area (Å²) in [6.07, 6.45) is 0. The van der Waals surface area contributed by atoms with Gasteiger partial charge in [-0.05, 0) is 36.8 Å². The summed E-state index contributed by atoms with van der Waals surface area (Å²) >= 11 is 6.29. The molecule has 0 unspecified atom stereocenters. The Morgan fingerprint density at radius 2 is 1.73 bits per heavy atom. The normalized spacial score (nSPS) is 11.6. The largest absolute Gasteiger partial charge is 0.507 e. The highest BCUT2D eigenvalue weighted by Crippen LogP contribution is 2.28. The first kappa shape index (κ1) is 19.7. The number of nitrogens with zero attached hydrogens (tertiary/aromatic N) is 2. The minimum absolute atomic E-state index is 0.0401. The van der Waals surface area contributed by atoms with Gasteiger partial charge in [0.15, 0.2) is 0 Å². The van der Waals surface area contributed by atoms with E-state index in [-0.39, 0.29) is 11.7 Å². The SMILES string of the molecule is Cc1cc(O)c(/C(=N/NC(=O)c2cc3ccccc3n2C)c2ccccc2)cc1Cl. The molecule has 4 rings (SSSR count). The van der Waals surface area contributed by atoms with Crippen molar-refractivity contribution < 1.29 is 9.90 Å². The van der Waals surface area contributed by atoms with E-state index in [1.807, 2.05) is 79.2 Å². The van der Waals surface area contributed by atoms with Crippen LogP contribution in [0.2, 0.25) is 5.02 Å². The summed E-state index contributed by atoms with van der Waals surface area (Å²) in [4.78, 5) is 12.9. The number of phenolic OH excluding ortho intramolecular Hbond substituents is 1. The zero-order valence-corrected chi connectivity index (χ0v) is 17.3. The average molecular weight is 418 g/mol. The van der Waals surface area contributed by atoms with Crippen LogP contribution in [0.25, 0.3) is 10.9 Å². The smallest absolute Gasteiger partial charge is 0.288 e. The molecule has 0 saturated heterocycles. The van der Waals surface area contributed by atoms with Crippen molar-refractivity contribution in [2.75, 3.05) is 0 Å². The fourth-order valence-electron chi connectivity index (χ4n) is 3.40. The molecule has 2 N–H and O–H groups in total. The first-order valence-corrected chi connectivity index (χ1v) is 9.81. The number of hydrogen-bond acceptors (Lipinski definition) is 3. The number of para-hydroxylation sites is 1. The Morgan fingerprint density at radius 3 is 2.47 bits per heavy atom. The van der Waals surface area contributed by atoms with Crippen LogP contribution in [0.3, 0.4) is 0 Å². The highest BCUT2D eigenvalue weighted by Gasteiger charge is 2.17. The van der Waals surface area contributed by atoms with Gasteiger partial charge >= 0.3 is 0 Å². The second-order valence-electron chi connectivity index (χ2n) is 7.03. The van der Waals surface area contributed by atoms with Crippen molar-refractivity contribution in [3.8, 4) is 5.75 Å². The van der Waals surface area contributed by atoms with Crippen LogP contribution in [0.5, 0.6) is 5.75 Å². The molecule has 0 radical (unpaired) electrons. The van der Waals surface area contributed by atoms with E-state index in [2.05, 4.69) is 10.5 Å². The Kier molecular flexibility index (Phi) is 5.29. The van der Waals surface area contributed by atoms with E-state index in [9.17, 15) is 9.90 Å². The summed E-state index contributed by atoms with van der Waals surface area (Å²) in [6, 6.07) is 22.2. The minimum atomic E-state index is -0.347. The molecule has 0 bridgehead atoms. The lowest BCUT2D eigenvalue weighted by Gasteiger charge is -2.12. The Hall–Kier alpha value is -3.57. The zero-order valence-electron chi connectivity index (χ0n) is 16.6. The number of hydrazone groups is 1. The number of amides is 1. The van der Waals surface area contributed by atoms with Crippen LogP contribution in [0.15, 0.2) is 77.9 Å². The van der Waals surface area contributed by atoms with Gasteiger partial charge in [-0.15, -0.1) is 0 Å². The molecule has 5 nitrogen and oxygen atoms in total. The van der Waals surface area contributed by atoms with Gasteiger partial charge in [-0.25, -0.2) is 5.43 Å². The first-order valence-electron chi connectivity index (χ1n) is 9.43. The number of hydrogen-bond donors (Lipinski definition) is 2. The fraction of sp³-hybridized carbons (Fsp3) is 0.0833. The molecule has 1 amide bonds. The van der Waals surface area contributed by atoms with Crippen LogP contribution in [0.1, 0.15) is 27.2 Å². The maximum Gasteiger partial charge on any atom is 0.288 e. The quantitative estimate of drug-likeness (QED) is 0.361. The number of aromatic nitrogens is 1. The molecule has 150 valence electrons. The standard InChI is InChI=1S/C24H20ClN3O2/c1-15-12-22(29)18(14-19(15)25)23(16-8-4-3-5-9-16)26-27-24(30)21-13-17-10-6-7-11-20(17)28(21)2/h3-14,29H,1-2H3,(H,27,30)/b26-23+. The lowest BCUT2D eigenvalue weighted by atomic mass is 10.0. The predicted octanol–water partition coefficient (Wildman–Crippen LogP) is 5.03. The molecule has 0 aliphatic carbocycles. The number of carbonyl (C=O) groups is 1. The molecule has 6 heteroatoms. The van der Waals surface area contributed by atoms with Gasteiger partial charge in [-0.3, -0.25) is 4.79 Å². The van der Waals surface area contributed by atoms with E-state index in [0.717, 1.165) is 22.0 Å². The van der Waals surface area contributed by atoms with E-state index in [1.165, 1.54) is 0 Å². The molecule has 0 atom stereocenters. The molecule has 3 aromatic carbocycles. The van der Waals surface area contributed by atoms with Crippen molar-refractivity contribution in [2.24, 2.45) is 12.1 Å². The van der Waals surface area contributed by atoms with Gasteiger partial charge in [0.25, 0.3) is 5.91 Å². The van der Waals surface area contributed by atoms with Crippen LogP contribution < -0.4 is 5.43 Å². The maximum atomic E-state index is 12.9. The lowest BCUT2D eigenvalue weighted by molar-refractivity contribution is 0.0947. The molecular weight excluding hydrogens is 398 g/mol. The van der Waals surface area contributed by atoms with Crippen LogP contribution >= 0.6 is 11.6 Å². The van der Waals surface area contributed by atoms with Crippen molar-refractivity contribution >= 4 is 34.1 Å². The van der Waals surface area contributed by atoms with E-state index in [4.69, 9.17) is 11.6 Å². The molecular formula is C24H20ClN3O2. The molecule has 0 saturated carbocycles. The van der Waals surface area contributed by atoms with E-state index >= 15 is 0 Å². The van der Waals surface area contributed by atoms with Gasteiger partial charge in [-0.2, -0.15) is 5.10 Å². The lowest BCUT2D eigenvalue weighted by Crippen LogP contribution is -2.22. The molecule has 0 spiro atoms. The molecule has 4 aromatic rings. The molecule has 1 aromatic heterocycles. The Bertz CT molecular complexity index is 1280. The first-order chi connectivity index (χ1) is 14.5. The van der Waals surface area contributed by atoms with Crippen LogP contribution in [-0.2, 0) is 7.05 Å². The third-order valence-corrected chi connectivity index (χ3v) is 5.44. The zero-order chi connectivity index (χ0) is 21.3. The number of halogens is 1. The molecule has 1 heterocycles. The van der Waals surface area contributed by atoms with Crippen molar-refractivity contribution in [3.05, 3.63) is 100 Å². The topological polar surface area (TPSA) is 66.6 Å². The van der Waals surface area contributed by atoms with Crippen LogP contribution in [0.4, 0.5) is 0 Å². The summed E-state index contributed by atoms with van der Waals surface area (Å²) in [5, 5.41) is 16.4. The monoisotopic (exact) mass is 417 g/mol. The summed E-state index contributed by atoms with van der Waals surface area (Å²) in [6.45, 7) is 1.81. The van der Waals surface area contributed by atoms with Crippen LogP contribution in [0, 0.1) is 6.92 Å². The van der Waals surface area contributed by atoms with Crippen molar-refractivity contribution in [1.82, 2.24) is 9.99 Å². The minimum Gasteiger partial charge on any atom is -0.507 e. The number of fused-ring (bicyclic) bond motifs is 1. The number of benzene rings is 3. The highest BCUT2D eigenvalue weighted by molar-refractivity contribution is 6.32. The number of phenols is 1. The summed E-state index contributed by atoms with van der Waals surface area (Å²) in [5.74, 6) is -0.307. The predicted molar refractivity (Wildman–Crippen MR) is 120 cm³/mol. The van der Waals surface area contributed by atoms with Gasteiger partial charge < -0.3 is 9.67 Å². The third kappa shape index (κ3) is 3.67. The third-order valence-electron chi connectivity index (χ3n) is 5.03. The number of aryl methyl sites for hydroxylation is 2. The van der Waals surface area contributed by atoms with Crippen LogP contribution in [-0.4, -0.2) is 21.3 Å². The maximum absolute atomic E-state index is 12.9. The number of aromatic hydroxyl groups is 1. The molecule has 0 aliphatic rings. The summed E-state index contributed by atoms with van der Waals surface area (Å²) in [5.41, 5.74) is 6.43. The molecule has 0 aliphatic heterocycles. The van der Waals surface area contributed by atoms with E-state index < -0.39 is 0 Å². The summed E-state index contributed by atoms with van der Waals surface area (Å²) < 4.78 is 1.82. The van der Waals surface area contributed by atoms with Gasteiger partial charge in [0.2, 0.25) is 0 Å². The number of carbonyl (C=O) groups excluding carboxylic acids is 1. The second-order valence-corrected chi connectivity index (χ2v) is 7.44. The van der Waals surface area contributed by atoms with Gasteiger partial charge in [0, 0.05) is 34.1 Å². The fourth-order valence-corrected chi connectivity index (χ4v) is 3.57. The van der Waals surface area contributed by atoms with Gasteiger partial charge in [-0.1, -0.05) is 60.1 Å². The highest BCUT2D eigenvalue weighted by atomic mass is 35.5. The molecule has 0 fully saturated rings. The van der Waals surface area contributed by atoms with Crippen molar-refractivity contribution in [1.29, 1.82) is 0 Å². The van der Waals surface area contributed by atoms with Gasteiger partial charge in [0.05, 0.1) is 0 Å². The average Bonchev–Trinajstić information content (AvgIpc) is 3.09. The second kappa shape index (κ2) is 8.05. The van der Waals surface area contributed by atoms with Crippen molar-refractivity contribution in [3.63, 3.8) is 0 Å². The Balaban J connectivity index is 1.75. The number of nitrogens with one attached hydrogen (secondary N) is 1. The Morgan fingerprint density at radius 1 is 1.03 bits per heavy atom. The van der Waals surface area contributed by atoms with E-state index in [0.29, 0.717) is 22.0 Å². The van der Waals surface area contributed by atoms with E-state index in [1.54, 1.807) is 12.1 Å². The van der Waals surface area contributed by atoms with Crippen molar-refractivity contribution in [2.45, 2.75) is 6.92 Å².